The number of fused-ring (bicyclic) bond motifs is 6. The molecule has 62 heavy (non-hydrogen) atoms. The molecule has 0 aliphatic heterocycles. The van der Waals surface area contributed by atoms with Crippen molar-refractivity contribution in [1.82, 2.24) is 15.0 Å². The van der Waals surface area contributed by atoms with Crippen LogP contribution in [0.2, 0.25) is 0 Å². The Morgan fingerprint density at radius 2 is 0.645 bits per heavy atom. The van der Waals surface area contributed by atoms with Crippen LogP contribution in [-0.4, -0.2) is 15.0 Å². The van der Waals surface area contributed by atoms with Crippen LogP contribution in [0, 0.1) is 0 Å². The number of aromatic nitrogens is 3. The summed E-state index contributed by atoms with van der Waals surface area (Å²) in [7, 11) is 0. The van der Waals surface area contributed by atoms with Gasteiger partial charge in [-0.2, -0.15) is 0 Å². The van der Waals surface area contributed by atoms with E-state index in [1.54, 1.807) is 0 Å². The zero-order valence-corrected chi connectivity index (χ0v) is 33.4. The largest absolute Gasteiger partial charge is 0.456 e. The molecule has 12 rings (SSSR count). The number of furan rings is 2. The minimum Gasteiger partial charge on any atom is -0.456 e. The predicted molar refractivity (Wildman–Crippen MR) is 252 cm³/mol. The summed E-state index contributed by atoms with van der Waals surface area (Å²) in [6.45, 7) is 0. The fourth-order valence-electron chi connectivity index (χ4n) is 8.75. The van der Waals surface area contributed by atoms with E-state index in [-0.39, 0.29) is 0 Å². The van der Waals surface area contributed by atoms with Crippen LogP contribution in [0.1, 0.15) is 0 Å². The molecule has 3 aromatic heterocycles. The van der Waals surface area contributed by atoms with E-state index >= 15 is 0 Å². The number of nitrogens with zero attached hydrogens (tertiary/aromatic N) is 3. The molecule has 0 aliphatic rings. The van der Waals surface area contributed by atoms with Gasteiger partial charge in [0.2, 0.25) is 0 Å². The van der Waals surface area contributed by atoms with Gasteiger partial charge in [0, 0.05) is 38.2 Å². The van der Waals surface area contributed by atoms with Crippen molar-refractivity contribution in [2.75, 3.05) is 0 Å². The van der Waals surface area contributed by atoms with Crippen molar-refractivity contribution in [3.8, 4) is 78.7 Å². The van der Waals surface area contributed by atoms with E-state index < -0.39 is 0 Å². The zero-order valence-electron chi connectivity index (χ0n) is 33.4. The minimum absolute atomic E-state index is 0.589. The first-order chi connectivity index (χ1) is 30.7. The second-order valence-electron chi connectivity index (χ2n) is 15.5. The van der Waals surface area contributed by atoms with E-state index in [4.69, 9.17) is 23.8 Å². The lowest BCUT2D eigenvalue weighted by atomic mass is 9.84. The van der Waals surface area contributed by atoms with Crippen molar-refractivity contribution in [3.63, 3.8) is 0 Å². The Bertz CT molecular complexity index is 3630. The van der Waals surface area contributed by atoms with Gasteiger partial charge in [0.15, 0.2) is 17.5 Å². The van der Waals surface area contributed by atoms with Crippen molar-refractivity contribution in [1.29, 1.82) is 0 Å². The molecule has 0 N–H and O–H groups in total. The van der Waals surface area contributed by atoms with Crippen LogP contribution in [0.25, 0.3) is 123 Å². The normalized spacial score (nSPS) is 11.5. The molecule has 12 aromatic rings. The second kappa shape index (κ2) is 14.7. The first-order valence-corrected chi connectivity index (χ1v) is 20.7. The summed E-state index contributed by atoms with van der Waals surface area (Å²) in [5.74, 6) is 1.78. The molecule has 0 amide bonds. The van der Waals surface area contributed by atoms with E-state index in [9.17, 15) is 0 Å². The van der Waals surface area contributed by atoms with Gasteiger partial charge in [-0.3, -0.25) is 0 Å². The molecule has 0 spiro atoms. The van der Waals surface area contributed by atoms with Gasteiger partial charge < -0.3 is 8.83 Å². The van der Waals surface area contributed by atoms with Crippen molar-refractivity contribution in [2.45, 2.75) is 0 Å². The summed E-state index contributed by atoms with van der Waals surface area (Å²) >= 11 is 0. The van der Waals surface area contributed by atoms with Gasteiger partial charge in [0.25, 0.3) is 0 Å². The van der Waals surface area contributed by atoms with Crippen LogP contribution in [-0.2, 0) is 0 Å². The molecule has 9 aromatic carbocycles. The summed E-state index contributed by atoms with van der Waals surface area (Å²) in [6, 6.07) is 73.7. The molecule has 0 saturated heterocycles. The number of para-hydroxylation sites is 2. The smallest absolute Gasteiger partial charge is 0.164 e. The third kappa shape index (κ3) is 6.23. The molecule has 0 bridgehead atoms. The average Bonchev–Trinajstić information content (AvgIpc) is 3.92. The summed E-state index contributed by atoms with van der Waals surface area (Å²) in [5, 5.41) is 4.26. The molecular formula is C57H35N3O2. The third-order valence-electron chi connectivity index (χ3n) is 11.7. The van der Waals surface area contributed by atoms with Gasteiger partial charge in [-0.1, -0.05) is 152 Å². The molecule has 5 heteroatoms. The maximum Gasteiger partial charge on any atom is 0.164 e. The van der Waals surface area contributed by atoms with Crippen LogP contribution in [0.4, 0.5) is 0 Å². The van der Waals surface area contributed by atoms with Gasteiger partial charge >= 0.3 is 0 Å². The van der Waals surface area contributed by atoms with E-state index in [1.165, 1.54) is 0 Å². The lowest BCUT2D eigenvalue weighted by Gasteiger charge is -2.19. The molecule has 0 radical (unpaired) electrons. The zero-order chi connectivity index (χ0) is 41.0. The molecule has 0 saturated carbocycles. The van der Waals surface area contributed by atoms with E-state index in [1.807, 2.05) is 72.8 Å². The van der Waals surface area contributed by atoms with E-state index in [0.717, 1.165) is 105 Å². The maximum atomic E-state index is 6.28. The summed E-state index contributed by atoms with van der Waals surface area (Å²) in [6.07, 6.45) is 0. The number of hydrogen-bond donors (Lipinski definition) is 0. The Labute approximate surface area is 357 Å². The first-order valence-electron chi connectivity index (χ1n) is 20.7. The molecule has 0 aliphatic carbocycles. The van der Waals surface area contributed by atoms with Crippen molar-refractivity contribution < 1.29 is 8.83 Å². The Morgan fingerprint density at radius 1 is 0.242 bits per heavy atom. The molecule has 3 heterocycles. The Balaban J connectivity index is 1.07. The molecule has 290 valence electrons. The molecule has 0 fully saturated rings. The molecular weight excluding hydrogens is 759 g/mol. The fraction of sp³-hybridized carbons (Fsp3) is 0. The Morgan fingerprint density at radius 3 is 1.24 bits per heavy atom. The highest BCUT2D eigenvalue weighted by Gasteiger charge is 2.20. The first kappa shape index (κ1) is 35.5. The fourth-order valence-corrected chi connectivity index (χ4v) is 8.75. The SMILES string of the molecule is c1ccc(-c2cc(-c3cccc(-c4nc(-c5ccccc5)nc(-c5ccc6oc7ccccc7c6c5)n4)c3)c(-c3ccccc3)c(-c3ccc4oc5ccccc5c4c3)c2)cc1. The monoisotopic (exact) mass is 793 g/mol. The Hall–Kier alpha value is -8.41. The summed E-state index contributed by atoms with van der Waals surface area (Å²) in [4.78, 5) is 15.4. The summed E-state index contributed by atoms with van der Waals surface area (Å²) < 4.78 is 12.5. The van der Waals surface area contributed by atoms with Crippen LogP contribution in [0.15, 0.2) is 221 Å². The van der Waals surface area contributed by atoms with Crippen molar-refractivity contribution in [2.24, 2.45) is 0 Å². The van der Waals surface area contributed by atoms with Gasteiger partial charge in [-0.05, 0) is 105 Å². The number of hydrogen-bond acceptors (Lipinski definition) is 5. The van der Waals surface area contributed by atoms with Crippen LogP contribution >= 0.6 is 0 Å². The molecule has 0 unspecified atom stereocenters. The van der Waals surface area contributed by atoms with Gasteiger partial charge in [-0.25, -0.2) is 15.0 Å². The van der Waals surface area contributed by atoms with Crippen LogP contribution in [0.3, 0.4) is 0 Å². The lowest BCUT2D eigenvalue weighted by Crippen LogP contribution is -2.00. The van der Waals surface area contributed by atoms with Crippen molar-refractivity contribution >= 4 is 43.9 Å². The van der Waals surface area contributed by atoms with Gasteiger partial charge in [0.1, 0.15) is 22.3 Å². The quantitative estimate of drug-likeness (QED) is 0.161. The highest BCUT2D eigenvalue weighted by molar-refractivity contribution is 6.08. The topological polar surface area (TPSA) is 65.0 Å². The maximum absolute atomic E-state index is 6.28. The molecule has 0 atom stereocenters. The molecule has 5 nitrogen and oxygen atoms in total. The third-order valence-corrected chi connectivity index (χ3v) is 11.7. The van der Waals surface area contributed by atoms with Gasteiger partial charge in [0.05, 0.1) is 0 Å². The number of benzene rings is 9. The van der Waals surface area contributed by atoms with E-state index in [2.05, 4.69) is 140 Å². The van der Waals surface area contributed by atoms with Crippen molar-refractivity contribution in [3.05, 3.63) is 212 Å². The number of rotatable bonds is 7. The predicted octanol–water partition coefficient (Wildman–Crippen LogP) is 15.3. The Kier molecular flexibility index (Phi) is 8.42. The average molecular weight is 794 g/mol. The standard InChI is InChI=1S/C57H35N3O2/c1-4-15-36(16-5-1)43-34-46(54(37-17-6-2-7-18-37)47(35-43)40-27-29-52-48(32-40)44-23-10-12-25-50(44)61-52)39-21-14-22-41(31-39)56-58-55(38-19-8-3-9-20-38)59-57(60-56)42-28-30-53-49(33-42)45-24-11-13-26-51(45)62-53/h1-35H. The van der Waals surface area contributed by atoms with Crippen LogP contribution in [0.5, 0.6) is 0 Å². The van der Waals surface area contributed by atoms with E-state index in [0.29, 0.717) is 17.5 Å². The highest BCUT2D eigenvalue weighted by atomic mass is 16.3. The lowest BCUT2D eigenvalue weighted by molar-refractivity contribution is 0.668. The highest BCUT2D eigenvalue weighted by Crippen LogP contribution is 2.45. The minimum atomic E-state index is 0.589. The summed E-state index contributed by atoms with van der Waals surface area (Å²) in [5.41, 5.74) is 15.0. The second-order valence-corrected chi connectivity index (χ2v) is 15.5. The van der Waals surface area contributed by atoms with Crippen LogP contribution < -0.4 is 0 Å². The van der Waals surface area contributed by atoms with Gasteiger partial charge in [-0.15, -0.1) is 0 Å².